The summed E-state index contributed by atoms with van der Waals surface area (Å²) in [5.74, 6) is -0.617. The van der Waals surface area contributed by atoms with Gasteiger partial charge in [0, 0.05) is 24.1 Å². The minimum atomic E-state index is -3.63. The van der Waals surface area contributed by atoms with Crippen LogP contribution in [0.25, 0.3) is 0 Å². The number of halogens is 1. The third-order valence-corrected chi connectivity index (χ3v) is 8.30. The number of rotatable bonds is 6. The smallest absolute Gasteiger partial charge is 0.253 e. The van der Waals surface area contributed by atoms with E-state index in [0.29, 0.717) is 36.9 Å². The first-order valence-electron chi connectivity index (χ1n) is 10.2. The number of nitrogens with zero attached hydrogens (tertiary/aromatic N) is 1. The number of carbonyl (C=O) groups excluding carboxylic acids is 2. The molecule has 1 saturated carbocycles. The molecule has 1 aromatic rings. The van der Waals surface area contributed by atoms with Gasteiger partial charge in [-0.3, -0.25) is 9.59 Å². The highest BCUT2D eigenvalue weighted by atomic mass is 79.9. The van der Waals surface area contributed by atoms with Crippen molar-refractivity contribution in [3.63, 3.8) is 0 Å². The Balaban J connectivity index is 1.89. The van der Waals surface area contributed by atoms with Gasteiger partial charge in [-0.15, -0.1) is 0 Å². The molecule has 3 rings (SSSR count). The largest absolute Gasteiger partial charge is 0.354 e. The average Bonchev–Trinajstić information content (AvgIpc) is 3.24. The molecule has 0 aromatic heterocycles. The quantitative estimate of drug-likeness (QED) is 0.647. The van der Waals surface area contributed by atoms with E-state index in [1.54, 1.807) is 6.07 Å². The second-order valence-electron chi connectivity index (χ2n) is 7.71. The molecule has 1 saturated heterocycles. The van der Waals surface area contributed by atoms with Gasteiger partial charge in [0.05, 0.1) is 10.5 Å². The number of carbonyl (C=O) groups is 2. The minimum Gasteiger partial charge on any atom is -0.354 e. The van der Waals surface area contributed by atoms with Gasteiger partial charge in [0.25, 0.3) is 5.91 Å². The molecular formula is C20H28BrN3O4S. The van der Waals surface area contributed by atoms with E-state index in [2.05, 4.69) is 26.6 Å². The van der Waals surface area contributed by atoms with Gasteiger partial charge < -0.3 is 10.6 Å². The van der Waals surface area contributed by atoms with Gasteiger partial charge in [0.15, 0.2) is 0 Å². The van der Waals surface area contributed by atoms with E-state index in [9.17, 15) is 18.0 Å². The molecule has 1 aliphatic heterocycles. The zero-order chi connectivity index (χ0) is 21.1. The second-order valence-corrected chi connectivity index (χ2v) is 10.5. The molecular weight excluding hydrogens is 458 g/mol. The highest BCUT2D eigenvalue weighted by Gasteiger charge is 2.41. The predicted octanol–water partition coefficient (Wildman–Crippen LogP) is 2.80. The summed E-state index contributed by atoms with van der Waals surface area (Å²) in [7, 11) is -3.63. The average molecular weight is 486 g/mol. The van der Waals surface area contributed by atoms with Crippen molar-refractivity contribution in [2.75, 3.05) is 19.6 Å². The van der Waals surface area contributed by atoms with E-state index in [-0.39, 0.29) is 16.4 Å². The molecule has 9 heteroatoms. The lowest BCUT2D eigenvalue weighted by Crippen LogP contribution is -2.59. The molecule has 2 fully saturated rings. The van der Waals surface area contributed by atoms with Crippen LogP contribution < -0.4 is 10.6 Å². The lowest BCUT2D eigenvalue weighted by atomic mass is 9.80. The van der Waals surface area contributed by atoms with Crippen molar-refractivity contribution < 1.29 is 18.0 Å². The summed E-state index contributed by atoms with van der Waals surface area (Å²) in [6.07, 6.45) is 5.60. The molecule has 2 aliphatic rings. The highest BCUT2D eigenvalue weighted by Crippen LogP contribution is 2.30. The third-order valence-electron chi connectivity index (χ3n) is 5.72. The molecule has 2 amide bonds. The van der Waals surface area contributed by atoms with Crippen LogP contribution in [0.3, 0.4) is 0 Å². The van der Waals surface area contributed by atoms with Gasteiger partial charge in [-0.1, -0.05) is 19.3 Å². The Kier molecular flexibility index (Phi) is 7.01. The summed E-state index contributed by atoms with van der Waals surface area (Å²) in [6.45, 7) is 3.34. The first-order valence-corrected chi connectivity index (χ1v) is 12.4. The summed E-state index contributed by atoms with van der Waals surface area (Å²) in [4.78, 5) is 26.0. The van der Waals surface area contributed by atoms with Crippen molar-refractivity contribution in [3.05, 3.63) is 28.2 Å². The summed E-state index contributed by atoms with van der Waals surface area (Å²) >= 11 is 3.36. The molecule has 1 aliphatic carbocycles. The Bertz CT molecular complexity index is 876. The fourth-order valence-electron chi connectivity index (χ4n) is 4.09. The van der Waals surface area contributed by atoms with Gasteiger partial charge in [0.2, 0.25) is 15.9 Å². The fourth-order valence-corrected chi connectivity index (χ4v) is 6.07. The number of likely N-dealkylation sites (N-methyl/N-ethyl adjacent to an activating group) is 1. The number of nitrogens with one attached hydrogen (secondary N) is 2. The Morgan fingerprint density at radius 2 is 1.76 bits per heavy atom. The van der Waals surface area contributed by atoms with Crippen molar-refractivity contribution >= 4 is 37.8 Å². The van der Waals surface area contributed by atoms with Gasteiger partial charge in [-0.2, -0.15) is 4.31 Å². The third kappa shape index (κ3) is 4.67. The molecule has 0 spiro atoms. The van der Waals surface area contributed by atoms with Crippen LogP contribution >= 0.6 is 15.9 Å². The molecule has 2 N–H and O–H groups in total. The topological polar surface area (TPSA) is 95.6 Å². The van der Waals surface area contributed by atoms with Gasteiger partial charge in [-0.05, 0) is 66.7 Å². The van der Waals surface area contributed by atoms with Crippen LogP contribution in [0.5, 0.6) is 0 Å². The monoisotopic (exact) mass is 485 g/mol. The van der Waals surface area contributed by atoms with Crippen LogP contribution in [-0.2, 0) is 14.8 Å². The van der Waals surface area contributed by atoms with Crippen LogP contribution in [0.1, 0.15) is 62.2 Å². The van der Waals surface area contributed by atoms with E-state index in [4.69, 9.17) is 0 Å². The maximum absolute atomic E-state index is 13.1. The normalized spacial score (nSPS) is 19.7. The van der Waals surface area contributed by atoms with E-state index in [0.717, 1.165) is 32.1 Å². The predicted molar refractivity (Wildman–Crippen MR) is 114 cm³/mol. The molecule has 7 nitrogen and oxygen atoms in total. The van der Waals surface area contributed by atoms with Crippen molar-refractivity contribution in [1.29, 1.82) is 0 Å². The molecule has 0 unspecified atom stereocenters. The number of hydrogen-bond donors (Lipinski definition) is 2. The minimum absolute atomic E-state index is 0.100. The van der Waals surface area contributed by atoms with Crippen LogP contribution in [0.15, 0.2) is 27.6 Å². The summed E-state index contributed by atoms with van der Waals surface area (Å²) in [6, 6.07) is 4.49. The summed E-state index contributed by atoms with van der Waals surface area (Å²) in [5, 5.41) is 5.77. The first kappa shape index (κ1) is 22.2. The molecule has 29 heavy (non-hydrogen) atoms. The van der Waals surface area contributed by atoms with E-state index in [1.807, 2.05) is 6.92 Å². The lowest BCUT2D eigenvalue weighted by molar-refractivity contribution is -0.128. The molecule has 1 heterocycles. The number of benzene rings is 1. The molecule has 0 radical (unpaired) electrons. The van der Waals surface area contributed by atoms with Crippen LogP contribution in [0.4, 0.5) is 0 Å². The Morgan fingerprint density at radius 1 is 1.10 bits per heavy atom. The zero-order valence-electron chi connectivity index (χ0n) is 16.7. The van der Waals surface area contributed by atoms with Crippen LogP contribution in [-0.4, -0.2) is 49.7 Å². The van der Waals surface area contributed by atoms with E-state index < -0.39 is 21.5 Å². The van der Waals surface area contributed by atoms with Crippen molar-refractivity contribution in [1.82, 2.24) is 14.9 Å². The van der Waals surface area contributed by atoms with Gasteiger partial charge >= 0.3 is 0 Å². The van der Waals surface area contributed by atoms with Crippen LogP contribution in [0.2, 0.25) is 0 Å². The van der Waals surface area contributed by atoms with Gasteiger partial charge in [-0.25, -0.2) is 8.42 Å². The number of hydrogen-bond acceptors (Lipinski definition) is 4. The Morgan fingerprint density at radius 3 is 2.38 bits per heavy atom. The van der Waals surface area contributed by atoms with Crippen molar-refractivity contribution in [2.24, 2.45) is 0 Å². The maximum Gasteiger partial charge on any atom is 0.253 e. The summed E-state index contributed by atoms with van der Waals surface area (Å²) < 4.78 is 27.7. The Labute approximate surface area is 180 Å². The molecule has 0 bridgehead atoms. The van der Waals surface area contributed by atoms with Crippen LogP contribution in [0, 0.1) is 0 Å². The van der Waals surface area contributed by atoms with Gasteiger partial charge in [0.1, 0.15) is 5.54 Å². The molecule has 1 aromatic carbocycles. The van der Waals surface area contributed by atoms with E-state index >= 15 is 0 Å². The first-order chi connectivity index (χ1) is 13.8. The number of amides is 2. The maximum atomic E-state index is 13.1. The zero-order valence-corrected chi connectivity index (χ0v) is 19.1. The van der Waals surface area contributed by atoms with E-state index in [1.165, 1.54) is 16.4 Å². The van der Waals surface area contributed by atoms with Crippen molar-refractivity contribution in [2.45, 2.75) is 62.3 Å². The number of sulfonamides is 1. The molecule has 0 atom stereocenters. The fraction of sp³-hybridized carbons (Fsp3) is 0.600. The highest BCUT2D eigenvalue weighted by molar-refractivity contribution is 9.10. The summed E-state index contributed by atoms with van der Waals surface area (Å²) in [5.41, 5.74) is -0.728. The standard InChI is InChI=1S/C20H28BrN3O4S/c1-2-22-19(26)20(10-4-3-5-11-20)23-18(25)16-14-15(8-9-17(16)21)29(27,28)24-12-6-7-13-24/h8-9,14H,2-7,10-13H2,1H3,(H,22,26)(H,23,25). The Hall–Kier alpha value is -1.45. The second kappa shape index (κ2) is 9.14. The lowest BCUT2D eigenvalue weighted by Gasteiger charge is -2.36. The molecule has 160 valence electrons. The van der Waals surface area contributed by atoms with Crippen molar-refractivity contribution in [3.8, 4) is 0 Å². The SMILES string of the molecule is CCNC(=O)C1(NC(=O)c2cc(S(=O)(=O)N3CCCC3)ccc2Br)CCCCC1.